The molecule has 1 unspecified atom stereocenters. The summed E-state index contributed by atoms with van der Waals surface area (Å²) in [6, 6.07) is 12.9. The molecule has 1 amide bonds. The van der Waals surface area contributed by atoms with Gasteiger partial charge in [-0.15, -0.1) is 0 Å². The first kappa shape index (κ1) is 33.3. The Kier molecular flexibility index (Phi) is 11.2. The second-order valence-electron chi connectivity index (χ2n) is 11.9. The van der Waals surface area contributed by atoms with Crippen molar-refractivity contribution in [2.24, 2.45) is 0 Å². The summed E-state index contributed by atoms with van der Waals surface area (Å²) in [6.45, 7) is 17.0. The number of methoxy groups -OCH3 is 1. The van der Waals surface area contributed by atoms with Gasteiger partial charge in [0.1, 0.15) is 5.60 Å². The topological polar surface area (TPSA) is 94.2 Å². The number of anilines is 1. The highest BCUT2D eigenvalue weighted by atomic mass is 79.9. The van der Waals surface area contributed by atoms with E-state index in [2.05, 4.69) is 54.5 Å². The maximum absolute atomic E-state index is 13.4. The molecule has 2 rings (SSSR count). The Labute approximate surface area is 243 Å². The quantitative estimate of drug-likeness (QED) is 0.261. The Hall–Kier alpha value is -1.92. The van der Waals surface area contributed by atoms with Crippen molar-refractivity contribution in [3.05, 3.63) is 58.6 Å². The minimum atomic E-state index is -3.82. The SMILES string of the molecule is COCCN(C(=O)OC(C)(C)C)C(CO[Si](C)(C)C(C)(C)C)c1cccc(NS(=O)(=O)c2ccc(Br)cc2)c1. The van der Waals surface area contributed by atoms with Crippen LogP contribution < -0.4 is 4.72 Å². The molecule has 0 aromatic heterocycles. The van der Waals surface area contributed by atoms with Gasteiger partial charge in [-0.2, -0.15) is 0 Å². The van der Waals surface area contributed by atoms with E-state index in [0.717, 1.165) is 4.47 Å². The Bertz CT molecular complexity index is 1210. The summed E-state index contributed by atoms with van der Waals surface area (Å²) in [4.78, 5) is 15.2. The number of hydrogen-bond acceptors (Lipinski definition) is 6. The first-order valence-corrected chi connectivity index (χ1v) is 18.1. The van der Waals surface area contributed by atoms with E-state index in [1.54, 1.807) is 42.3 Å². The third-order valence-corrected chi connectivity index (χ3v) is 13.0. The highest BCUT2D eigenvalue weighted by Crippen LogP contribution is 2.38. The predicted octanol–water partition coefficient (Wildman–Crippen LogP) is 7.20. The molecular weight excluding hydrogens is 600 g/mol. The number of ether oxygens (including phenoxy) is 2. The number of carbonyl (C=O) groups excluding carboxylic acids is 1. The monoisotopic (exact) mass is 642 g/mol. The Balaban J connectivity index is 2.50. The van der Waals surface area contributed by atoms with E-state index < -0.39 is 36.1 Å². The van der Waals surface area contributed by atoms with Gasteiger partial charge >= 0.3 is 6.09 Å². The number of rotatable bonds is 11. The lowest BCUT2D eigenvalue weighted by atomic mass is 10.1. The fraction of sp³-hybridized carbons (Fsp3) is 0.536. The molecule has 218 valence electrons. The molecule has 2 aromatic rings. The Morgan fingerprint density at radius 3 is 2.21 bits per heavy atom. The van der Waals surface area contributed by atoms with Gasteiger partial charge in [0.05, 0.1) is 24.2 Å². The average molecular weight is 644 g/mol. The van der Waals surface area contributed by atoms with E-state index >= 15 is 0 Å². The van der Waals surface area contributed by atoms with Crippen LogP contribution in [0.25, 0.3) is 0 Å². The van der Waals surface area contributed by atoms with Crippen LogP contribution in [0.3, 0.4) is 0 Å². The molecular formula is C28H43BrN2O6SSi. The molecule has 0 aliphatic carbocycles. The Morgan fingerprint density at radius 2 is 1.67 bits per heavy atom. The van der Waals surface area contributed by atoms with Crippen molar-refractivity contribution in [2.45, 2.75) is 76.2 Å². The largest absolute Gasteiger partial charge is 0.444 e. The van der Waals surface area contributed by atoms with E-state index in [1.807, 2.05) is 26.8 Å². The van der Waals surface area contributed by atoms with E-state index in [0.29, 0.717) is 17.9 Å². The third-order valence-electron chi connectivity index (χ3n) is 6.60. The summed E-state index contributed by atoms with van der Waals surface area (Å²) >= 11 is 3.33. The van der Waals surface area contributed by atoms with Gasteiger partial charge in [-0.1, -0.05) is 48.8 Å². The minimum Gasteiger partial charge on any atom is -0.444 e. The van der Waals surface area contributed by atoms with Crippen LogP contribution >= 0.6 is 15.9 Å². The van der Waals surface area contributed by atoms with Gasteiger partial charge in [0.25, 0.3) is 10.0 Å². The molecule has 39 heavy (non-hydrogen) atoms. The van der Waals surface area contributed by atoms with E-state index in [9.17, 15) is 13.2 Å². The lowest BCUT2D eigenvalue weighted by molar-refractivity contribution is 0.00361. The number of hydrogen-bond donors (Lipinski definition) is 1. The zero-order chi connectivity index (χ0) is 29.6. The molecule has 0 spiro atoms. The first-order chi connectivity index (χ1) is 17.9. The summed E-state index contributed by atoms with van der Waals surface area (Å²) in [5.74, 6) is 0. The zero-order valence-electron chi connectivity index (χ0n) is 24.5. The molecule has 0 saturated carbocycles. The first-order valence-electron chi connectivity index (χ1n) is 12.9. The van der Waals surface area contributed by atoms with Crippen LogP contribution in [-0.4, -0.2) is 60.2 Å². The average Bonchev–Trinajstić information content (AvgIpc) is 2.79. The predicted molar refractivity (Wildman–Crippen MR) is 162 cm³/mol. The number of halogens is 1. The van der Waals surface area contributed by atoms with Crippen molar-refractivity contribution >= 4 is 46.1 Å². The molecule has 1 N–H and O–H groups in total. The van der Waals surface area contributed by atoms with Gasteiger partial charge in [-0.3, -0.25) is 9.62 Å². The number of carbonyl (C=O) groups is 1. The molecule has 0 saturated heterocycles. The lowest BCUT2D eigenvalue weighted by Gasteiger charge is -2.40. The number of nitrogens with one attached hydrogen (secondary N) is 1. The van der Waals surface area contributed by atoms with Crippen LogP contribution in [0.15, 0.2) is 57.9 Å². The summed E-state index contributed by atoms with van der Waals surface area (Å²) in [5.41, 5.74) is 0.394. The fourth-order valence-corrected chi connectivity index (χ4v) is 5.71. The van der Waals surface area contributed by atoms with Crippen LogP contribution in [-0.2, 0) is 23.9 Å². The minimum absolute atomic E-state index is 0.0387. The highest BCUT2D eigenvalue weighted by molar-refractivity contribution is 9.10. The number of benzene rings is 2. The standard InChI is InChI=1S/C28H43BrN2O6SSi/c1-27(2,3)37-26(32)31(17-18-35-7)25(20-36-39(8,9)28(4,5)6)21-11-10-12-23(19-21)30-38(33,34)24-15-13-22(29)14-16-24/h10-16,19,25,30H,17-18,20H2,1-9H3. The van der Waals surface area contributed by atoms with Gasteiger partial charge < -0.3 is 13.9 Å². The van der Waals surface area contributed by atoms with Crippen LogP contribution in [0.4, 0.5) is 10.5 Å². The second kappa shape index (κ2) is 13.2. The fourth-order valence-electron chi connectivity index (χ4n) is 3.39. The zero-order valence-corrected chi connectivity index (χ0v) is 27.9. The van der Waals surface area contributed by atoms with Crippen LogP contribution in [0.5, 0.6) is 0 Å². The van der Waals surface area contributed by atoms with Crippen LogP contribution in [0, 0.1) is 0 Å². The summed E-state index contributed by atoms with van der Waals surface area (Å²) < 4.78 is 47.2. The van der Waals surface area contributed by atoms with E-state index in [1.165, 1.54) is 12.1 Å². The van der Waals surface area contributed by atoms with Crippen molar-refractivity contribution in [2.75, 3.05) is 31.6 Å². The maximum atomic E-state index is 13.4. The summed E-state index contributed by atoms with van der Waals surface area (Å²) in [7, 11) is -4.43. The number of sulfonamides is 1. The molecule has 8 nitrogen and oxygen atoms in total. The van der Waals surface area contributed by atoms with Gasteiger partial charge in [0, 0.05) is 23.8 Å². The van der Waals surface area contributed by atoms with Crippen molar-refractivity contribution in [3.63, 3.8) is 0 Å². The van der Waals surface area contributed by atoms with Crippen molar-refractivity contribution < 1.29 is 27.1 Å². The number of nitrogens with zero attached hydrogens (tertiary/aromatic N) is 1. The lowest BCUT2D eigenvalue weighted by Crippen LogP contribution is -2.46. The summed E-state index contributed by atoms with van der Waals surface area (Å²) in [6.07, 6.45) is -0.496. The van der Waals surface area contributed by atoms with Gasteiger partial charge in [-0.05, 0) is 80.9 Å². The van der Waals surface area contributed by atoms with Gasteiger partial charge in [0.15, 0.2) is 8.32 Å². The normalized spacial score (nSPS) is 13.6. The van der Waals surface area contributed by atoms with Crippen molar-refractivity contribution in [3.8, 4) is 0 Å². The molecule has 0 fully saturated rings. The van der Waals surface area contributed by atoms with Gasteiger partial charge in [-0.25, -0.2) is 13.2 Å². The van der Waals surface area contributed by atoms with Crippen LogP contribution in [0.1, 0.15) is 53.1 Å². The molecule has 0 aliphatic rings. The maximum Gasteiger partial charge on any atom is 0.410 e. The molecule has 2 aromatic carbocycles. The molecule has 0 aliphatic heterocycles. The van der Waals surface area contributed by atoms with Crippen LogP contribution in [0.2, 0.25) is 18.1 Å². The summed E-state index contributed by atoms with van der Waals surface area (Å²) in [5, 5.41) is -0.0387. The molecule has 0 bridgehead atoms. The molecule has 0 heterocycles. The van der Waals surface area contributed by atoms with Gasteiger partial charge in [0.2, 0.25) is 0 Å². The van der Waals surface area contributed by atoms with E-state index in [-0.39, 0.29) is 23.1 Å². The Morgan fingerprint density at radius 1 is 1.05 bits per heavy atom. The molecule has 0 radical (unpaired) electrons. The third kappa shape index (κ3) is 9.89. The van der Waals surface area contributed by atoms with E-state index in [4.69, 9.17) is 13.9 Å². The second-order valence-corrected chi connectivity index (χ2v) is 19.3. The molecule has 1 atom stereocenters. The highest BCUT2D eigenvalue weighted by Gasteiger charge is 2.39. The number of amides is 1. The smallest absolute Gasteiger partial charge is 0.410 e. The molecule has 11 heteroatoms. The van der Waals surface area contributed by atoms with Crippen molar-refractivity contribution in [1.82, 2.24) is 4.90 Å². The van der Waals surface area contributed by atoms with Crippen molar-refractivity contribution in [1.29, 1.82) is 0 Å².